The van der Waals surface area contributed by atoms with Gasteiger partial charge in [0.05, 0.1) is 0 Å². The normalized spacial score (nSPS) is 9.62. The fourth-order valence-corrected chi connectivity index (χ4v) is 0.204. The number of allylic oxidation sites excluding steroid dienone is 2. The van der Waals surface area contributed by atoms with Crippen LogP contribution >= 0.6 is 9.12 Å². The van der Waals surface area contributed by atoms with Gasteiger partial charge in [-0.05, 0) is 20.3 Å². The molecule has 1 nitrogen and oxygen atoms in total. The predicted octanol–water partition coefficient (Wildman–Crippen LogP) is 2.84. The fourth-order valence-electron chi connectivity index (χ4n) is 0.204. The molecule has 0 bridgehead atoms. The molecule has 0 aliphatic carbocycles. The summed E-state index contributed by atoms with van der Waals surface area (Å²) in [6.45, 7) is 6.37. The summed E-state index contributed by atoms with van der Waals surface area (Å²) in [5.74, 6) is 0. The van der Waals surface area contributed by atoms with Crippen LogP contribution in [0.4, 0.5) is 0 Å². The van der Waals surface area contributed by atoms with Gasteiger partial charge in [0.1, 0.15) is 9.12 Å². The fraction of sp³-hybridized carbons (Fsp3) is 0.667. The lowest BCUT2D eigenvalue weighted by Gasteiger charge is -1.85. The molecule has 0 amide bonds. The van der Waals surface area contributed by atoms with Crippen molar-refractivity contribution in [3.05, 3.63) is 11.6 Å². The van der Waals surface area contributed by atoms with Gasteiger partial charge in [-0.15, -0.1) is 0 Å². The maximum atomic E-state index is 8.06. The first-order valence-electron chi connectivity index (χ1n) is 2.63. The predicted molar refractivity (Wildman–Crippen MR) is 38.7 cm³/mol. The van der Waals surface area contributed by atoms with Crippen LogP contribution in [-0.2, 0) is 4.57 Å². The molecule has 0 aromatic rings. The molecular formula is C6H13OP. The van der Waals surface area contributed by atoms with Crippen molar-refractivity contribution in [2.75, 3.05) is 0 Å². The second-order valence-electron chi connectivity index (χ2n) is 1.49. The Kier molecular flexibility index (Phi) is 13.4. The molecule has 0 saturated heterocycles. The maximum absolute atomic E-state index is 8.06. The summed E-state index contributed by atoms with van der Waals surface area (Å²) < 4.78 is 8.06. The lowest BCUT2D eigenvalue weighted by molar-refractivity contribution is 0.607. The van der Waals surface area contributed by atoms with Crippen LogP contribution in [-0.4, -0.2) is 0 Å². The van der Waals surface area contributed by atoms with Crippen LogP contribution in [0, 0.1) is 0 Å². The van der Waals surface area contributed by atoms with E-state index in [1.165, 1.54) is 12.0 Å². The Morgan fingerprint density at radius 2 is 2.00 bits per heavy atom. The summed E-state index contributed by atoms with van der Waals surface area (Å²) in [6, 6.07) is 0. The molecule has 0 N–H and O–H groups in total. The summed E-state index contributed by atoms with van der Waals surface area (Å²) >= 11 is 0. The quantitative estimate of drug-likeness (QED) is 0.396. The highest BCUT2D eigenvalue weighted by molar-refractivity contribution is 7.00. The molecule has 0 unspecified atom stereocenters. The molecular weight excluding hydrogens is 119 g/mol. The zero-order chi connectivity index (χ0) is 6.99. The standard InChI is InChI=1S/C6H12.HOP/c1-4-6(3)5-2;1-2/h4H,5H2,1-3H3;2H. The Bertz CT molecular complexity index is 68.9. The largest absolute Gasteiger partial charge is 0.279 e. The average Bonchev–Trinajstić information content (AvgIpc) is 1.91. The Hall–Kier alpha value is -0.160. The van der Waals surface area contributed by atoms with Crippen LogP contribution in [0.15, 0.2) is 11.6 Å². The number of hydrogen-bond acceptors (Lipinski definition) is 1. The van der Waals surface area contributed by atoms with Gasteiger partial charge in [0.25, 0.3) is 0 Å². The molecule has 0 heterocycles. The van der Waals surface area contributed by atoms with Crippen molar-refractivity contribution in [1.29, 1.82) is 0 Å². The topological polar surface area (TPSA) is 17.1 Å². The summed E-state index contributed by atoms with van der Waals surface area (Å²) in [5.41, 5.74) is 1.47. The van der Waals surface area contributed by atoms with Crippen LogP contribution in [0.5, 0.6) is 0 Å². The first kappa shape index (κ1) is 10.8. The van der Waals surface area contributed by atoms with Crippen molar-refractivity contribution >= 4 is 9.12 Å². The molecule has 0 fully saturated rings. The smallest absolute Gasteiger partial charge is 0.138 e. The van der Waals surface area contributed by atoms with E-state index in [1.54, 1.807) is 9.12 Å². The summed E-state index contributed by atoms with van der Waals surface area (Å²) in [7, 11) is 1.72. The lowest BCUT2D eigenvalue weighted by Crippen LogP contribution is -1.63. The van der Waals surface area contributed by atoms with Crippen molar-refractivity contribution in [3.63, 3.8) is 0 Å². The second-order valence-corrected chi connectivity index (χ2v) is 1.49. The molecule has 8 heavy (non-hydrogen) atoms. The van der Waals surface area contributed by atoms with Crippen LogP contribution in [0.2, 0.25) is 0 Å². The van der Waals surface area contributed by atoms with Crippen molar-refractivity contribution in [1.82, 2.24) is 0 Å². The van der Waals surface area contributed by atoms with E-state index in [2.05, 4.69) is 26.8 Å². The molecule has 0 radical (unpaired) electrons. The van der Waals surface area contributed by atoms with Gasteiger partial charge in [0, 0.05) is 0 Å². The summed E-state index contributed by atoms with van der Waals surface area (Å²) in [5, 5.41) is 0. The van der Waals surface area contributed by atoms with E-state index in [0.29, 0.717) is 0 Å². The van der Waals surface area contributed by atoms with E-state index < -0.39 is 0 Å². The van der Waals surface area contributed by atoms with Crippen molar-refractivity contribution in [3.8, 4) is 0 Å². The van der Waals surface area contributed by atoms with Gasteiger partial charge in [-0.25, -0.2) is 0 Å². The Morgan fingerprint density at radius 1 is 1.62 bits per heavy atom. The third kappa shape index (κ3) is 9.28. The van der Waals surface area contributed by atoms with Gasteiger partial charge in [-0.2, -0.15) is 0 Å². The van der Waals surface area contributed by atoms with E-state index >= 15 is 0 Å². The number of hydrogen-bond donors (Lipinski definition) is 0. The lowest BCUT2D eigenvalue weighted by atomic mass is 10.2. The van der Waals surface area contributed by atoms with Crippen LogP contribution < -0.4 is 0 Å². The van der Waals surface area contributed by atoms with Crippen LogP contribution in [0.3, 0.4) is 0 Å². The Balaban J connectivity index is 0. The van der Waals surface area contributed by atoms with E-state index in [-0.39, 0.29) is 0 Å². The van der Waals surface area contributed by atoms with Gasteiger partial charge in [-0.1, -0.05) is 18.6 Å². The minimum Gasteiger partial charge on any atom is -0.279 e. The molecule has 0 aliphatic rings. The minimum absolute atomic E-state index is 1.19. The Labute approximate surface area is 53.4 Å². The van der Waals surface area contributed by atoms with E-state index in [9.17, 15) is 0 Å². The SMILES string of the molecule is CC=C(C)CC.O=P. The van der Waals surface area contributed by atoms with E-state index in [1.807, 2.05) is 0 Å². The molecule has 2 heteroatoms. The highest BCUT2D eigenvalue weighted by Gasteiger charge is 1.73. The summed E-state index contributed by atoms with van der Waals surface area (Å²) in [6.07, 6.45) is 3.33. The summed E-state index contributed by atoms with van der Waals surface area (Å²) in [4.78, 5) is 0. The minimum atomic E-state index is 1.19. The second kappa shape index (κ2) is 9.96. The van der Waals surface area contributed by atoms with Crippen molar-refractivity contribution in [2.45, 2.75) is 27.2 Å². The van der Waals surface area contributed by atoms with Crippen molar-refractivity contribution < 1.29 is 4.57 Å². The van der Waals surface area contributed by atoms with Gasteiger partial charge in [0.2, 0.25) is 0 Å². The van der Waals surface area contributed by atoms with Crippen LogP contribution in [0.1, 0.15) is 27.2 Å². The van der Waals surface area contributed by atoms with Gasteiger partial charge in [-0.3, -0.25) is 4.57 Å². The Morgan fingerprint density at radius 3 is 2.00 bits per heavy atom. The zero-order valence-corrected chi connectivity index (χ0v) is 6.69. The van der Waals surface area contributed by atoms with Crippen molar-refractivity contribution in [2.24, 2.45) is 0 Å². The molecule has 0 rings (SSSR count). The zero-order valence-electron chi connectivity index (χ0n) is 5.69. The number of rotatable bonds is 1. The molecule has 0 spiro atoms. The third-order valence-corrected chi connectivity index (χ3v) is 1.05. The first-order valence-corrected chi connectivity index (χ1v) is 3.04. The molecule has 0 aromatic heterocycles. The first-order chi connectivity index (χ1) is 3.81. The molecule has 48 valence electrons. The van der Waals surface area contributed by atoms with Gasteiger partial charge >= 0.3 is 0 Å². The highest BCUT2D eigenvalue weighted by Crippen LogP contribution is 1.94. The van der Waals surface area contributed by atoms with Gasteiger partial charge in [0.15, 0.2) is 0 Å². The molecule has 0 aliphatic heterocycles. The van der Waals surface area contributed by atoms with Gasteiger partial charge < -0.3 is 0 Å². The highest BCUT2D eigenvalue weighted by atomic mass is 31.0. The average molecular weight is 132 g/mol. The van der Waals surface area contributed by atoms with Crippen LogP contribution in [0.25, 0.3) is 0 Å². The molecule has 0 atom stereocenters. The third-order valence-electron chi connectivity index (χ3n) is 1.05. The molecule has 0 saturated carbocycles. The monoisotopic (exact) mass is 132 g/mol. The maximum Gasteiger partial charge on any atom is 0.138 e. The molecule has 0 aromatic carbocycles. The van der Waals surface area contributed by atoms with E-state index in [4.69, 9.17) is 4.57 Å². The van der Waals surface area contributed by atoms with E-state index in [0.717, 1.165) is 0 Å².